The number of rotatable bonds is 13. The van der Waals surface area contributed by atoms with Crippen molar-refractivity contribution in [3.05, 3.63) is 144 Å². The van der Waals surface area contributed by atoms with Crippen LogP contribution in [0.1, 0.15) is 43.0 Å². The van der Waals surface area contributed by atoms with Crippen molar-refractivity contribution in [3.8, 4) is 0 Å². The zero-order chi connectivity index (χ0) is 33.1. The molecule has 0 spiro atoms. The van der Waals surface area contributed by atoms with Gasteiger partial charge in [-0.25, -0.2) is 4.79 Å². The van der Waals surface area contributed by atoms with Crippen molar-refractivity contribution in [1.29, 1.82) is 0 Å². The number of aliphatic hydroxyl groups is 1. The first-order chi connectivity index (χ1) is 22.8. The Hall–Kier alpha value is -4.05. The highest BCUT2D eigenvalue weighted by atomic mass is 16.6. The fourth-order valence-corrected chi connectivity index (χ4v) is 5.62. The van der Waals surface area contributed by atoms with Crippen molar-refractivity contribution in [2.75, 3.05) is 0 Å². The summed E-state index contributed by atoms with van der Waals surface area (Å²) in [5.74, 6) is 0. The second-order valence-corrected chi connectivity index (χ2v) is 12.7. The van der Waals surface area contributed by atoms with Gasteiger partial charge in [0.25, 0.3) is 0 Å². The first-order valence-corrected chi connectivity index (χ1v) is 16.1. The van der Waals surface area contributed by atoms with Crippen molar-refractivity contribution in [3.63, 3.8) is 0 Å². The summed E-state index contributed by atoms with van der Waals surface area (Å²) in [4.78, 5) is 13.2. The third kappa shape index (κ3) is 10.2. The van der Waals surface area contributed by atoms with E-state index >= 15 is 0 Å². The van der Waals surface area contributed by atoms with Crippen molar-refractivity contribution in [1.82, 2.24) is 5.32 Å². The van der Waals surface area contributed by atoms with Gasteiger partial charge in [-0.3, -0.25) is 0 Å². The molecule has 1 fully saturated rings. The zero-order valence-electron chi connectivity index (χ0n) is 27.2. The van der Waals surface area contributed by atoms with E-state index in [1.807, 2.05) is 121 Å². The van der Waals surface area contributed by atoms with Crippen molar-refractivity contribution >= 4 is 6.09 Å². The molecule has 8 nitrogen and oxygen atoms in total. The van der Waals surface area contributed by atoms with Crippen molar-refractivity contribution in [2.24, 2.45) is 0 Å². The summed E-state index contributed by atoms with van der Waals surface area (Å²) in [7, 11) is 0. The predicted molar refractivity (Wildman–Crippen MR) is 179 cm³/mol. The molecule has 0 unspecified atom stereocenters. The fourth-order valence-electron chi connectivity index (χ4n) is 5.62. The standard InChI is InChI=1S/C39H45NO7/c1-39(2,3)47-38(42)40-32-33(41)35(44-25-29-18-10-5-11-19-29)37(46-27-31-22-14-7-15-23-31)36(45-26-30-20-12-6-13-21-30)34(32)43-24-28-16-8-4-9-17-28/h4-23,32-37,41H,24-27H2,1-3H3,(H,40,42)/t32-,33-,34+,35+,36-,37-/m1/s1. The normalized spacial score (nSPS) is 22.8. The van der Waals surface area contributed by atoms with Gasteiger partial charge in [0.1, 0.15) is 36.1 Å². The highest BCUT2D eigenvalue weighted by Crippen LogP contribution is 2.33. The van der Waals surface area contributed by atoms with E-state index in [0.29, 0.717) is 0 Å². The van der Waals surface area contributed by atoms with Gasteiger partial charge >= 0.3 is 6.09 Å². The summed E-state index contributed by atoms with van der Waals surface area (Å²) in [6.07, 6.45) is -5.16. The Kier molecular flexibility index (Phi) is 12.2. The van der Waals surface area contributed by atoms with Gasteiger partial charge in [-0.05, 0) is 43.0 Å². The third-order valence-corrected chi connectivity index (χ3v) is 7.85. The van der Waals surface area contributed by atoms with Gasteiger partial charge in [0.05, 0.1) is 32.5 Å². The predicted octanol–water partition coefficient (Wildman–Crippen LogP) is 6.60. The minimum Gasteiger partial charge on any atom is -0.444 e. The molecule has 1 saturated carbocycles. The smallest absolute Gasteiger partial charge is 0.408 e. The molecule has 0 heterocycles. The van der Waals surface area contributed by atoms with Crippen LogP contribution in [0.4, 0.5) is 4.79 Å². The molecule has 1 amide bonds. The minimum absolute atomic E-state index is 0.216. The van der Waals surface area contributed by atoms with Gasteiger partial charge in [0.2, 0.25) is 0 Å². The average molecular weight is 640 g/mol. The Morgan fingerprint density at radius 3 is 1.23 bits per heavy atom. The summed E-state index contributed by atoms with van der Waals surface area (Å²) < 4.78 is 32.0. The van der Waals surface area contributed by atoms with E-state index in [9.17, 15) is 9.90 Å². The number of carbonyl (C=O) groups is 1. The molecule has 4 aromatic carbocycles. The van der Waals surface area contributed by atoms with Crippen LogP contribution in [0.5, 0.6) is 0 Å². The van der Waals surface area contributed by atoms with Gasteiger partial charge in [0.15, 0.2) is 0 Å². The highest BCUT2D eigenvalue weighted by Gasteiger charge is 2.54. The number of hydrogen-bond acceptors (Lipinski definition) is 7. The molecule has 47 heavy (non-hydrogen) atoms. The Balaban J connectivity index is 1.51. The maximum Gasteiger partial charge on any atom is 0.408 e. The van der Waals surface area contributed by atoms with Crippen LogP contribution in [0.3, 0.4) is 0 Å². The van der Waals surface area contributed by atoms with Crippen LogP contribution < -0.4 is 5.32 Å². The van der Waals surface area contributed by atoms with E-state index in [2.05, 4.69) is 5.32 Å². The van der Waals surface area contributed by atoms with Gasteiger partial charge in [-0.15, -0.1) is 0 Å². The van der Waals surface area contributed by atoms with Crippen LogP contribution in [0.2, 0.25) is 0 Å². The van der Waals surface area contributed by atoms with Crippen LogP contribution >= 0.6 is 0 Å². The number of ether oxygens (including phenoxy) is 5. The maximum atomic E-state index is 13.2. The van der Waals surface area contributed by atoms with E-state index < -0.39 is 48.3 Å². The Morgan fingerprint density at radius 2 is 0.872 bits per heavy atom. The van der Waals surface area contributed by atoms with Gasteiger partial charge < -0.3 is 34.1 Å². The molecule has 2 N–H and O–H groups in total. The molecule has 0 saturated heterocycles. The molecular formula is C39H45NO7. The molecule has 248 valence electrons. The van der Waals surface area contributed by atoms with Crippen LogP contribution in [-0.2, 0) is 50.1 Å². The first kappa shape index (κ1) is 34.3. The van der Waals surface area contributed by atoms with Gasteiger partial charge in [-0.2, -0.15) is 0 Å². The summed E-state index contributed by atoms with van der Waals surface area (Å²) >= 11 is 0. The van der Waals surface area contributed by atoms with Crippen molar-refractivity contribution < 1.29 is 33.6 Å². The zero-order valence-corrected chi connectivity index (χ0v) is 27.2. The molecule has 5 rings (SSSR count). The van der Waals surface area contributed by atoms with E-state index in [4.69, 9.17) is 23.7 Å². The summed E-state index contributed by atoms with van der Waals surface area (Å²) in [6, 6.07) is 38.2. The molecular weight excluding hydrogens is 594 g/mol. The summed E-state index contributed by atoms with van der Waals surface area (Å²) in [5, 5.41) is 15.0. The van der Waals surface area contributed by atoms with Crippen LogP contribution in [0, 0.1) is 0 Å². The lowest BCUT2D eigenvalue weighted by Gasteiger charge is -2.48. The topological polar surface area (TPSA) is 95.5 Å². The lowest BCUT2D eigenvalue weighted by Crippen LogP contribution is -2.70. The number of benzene rings is 4. The SMILES string of the molecule is CC(C)(C)OC(=O)N[C@@H]1[C@@H](O)[C@H](OCc2ccccc2)[C@@H](OCc2ccccc2)[C@H](OCc2ccccc2)[C@H]1OCc1ccccc1. The molecule has 1 aliphatic rings. The molecule has 8 heteroatoms. The number of nitrogens with one attached hydrogen (secondary N) is 1. The Morgan fingerprint density at radius 1 is 0.553 bits per heavy atom. The monoisotopic (exact) mass is 639 g/mol. The highest BCUT2D eigenvalue weighted by molar-refractivity contribution is 5.68. The van der Waals surface area contributed by atoms with Crippen LogP contribution in [0.15, 0.2) is 121 Å². The minimum atomic E-state index is -1.23. The number of aliphatic hydroxyl groups excluding tert-OH is 1. The molecule has 0 aliphatic heterocycles. The lowest BCUT2D eigenvalue weighted by molar-refractivity contribution is -0.250. The molecule has 0 bridgehead atoms. The molecule has 1 aliphatic carbocycles. The second kappa shape index (κ2) is 16.7. The first-order valence-electron chi connectivity index (χ1n) is 16.1. The molecule has 0 aromatic heterocycles. The molecule has 0 radical (unpaired) electrons. The molecule has 6 atom stereocenters. The number of hydrogen-bond donors (Lipinski definition) is 2. The second-order valence-electron chi connectivity index (χ2n) is 12.7. The van der Waals surface area contributed by atoms with E-state index in [-0.39, 0.29) is 26.4 Å². The van der Waals surface area contributed by atoms with Gasteiger partial charge in [-0.1, -0.05) is 121 Å². The van der Waals surface area contributed by atoms with Crippen LogP contribution in [0.25, 0.3) is 0 Å². The quantitative estimate of drug-likeness (QED) is 0.170. The van der Waals surface area contributed by atoms with E-state index in [1.165, 1.54) is 0 Å². The molecule has 4 aromatic rings. The Labute approximate surface area is 277 Å². The van der Waals surface area contributed by atoms with E-state index in [1.54, 1.807) is 20.8 Å². The fraction of sp³-hybridized carbons (Fsp3) is 0.359. The van der Waals surface area contributed by atoms with E-state index in [0.717, 1.165) is 22.3 Å². The largest absolute Gasteiger partial charge is 0.444 e. The average Bonchev–Trinajstić information content (AvgIpc) is 3.07. The number of carbonyl (C=O) groups excluding carboxylic acids is 1. The van der Waals surface area contributed by atoms with Crippen LogP contribution in [-0.4, -0.2) is 53.4 Å². The third-order valence-electron chi connectivity index (χ3n) is 7.85. The summed E-state index contributed by atoms with van der Waals surface area (Å²) in [6.45, 7) is 6.31. The lowest BCUT2D eigenvalue weighted by atomic mass is 9.82. The van der Waals surface area contributed by atoms with Crippen molar-refractivity contribution in [2.45, 2.75) is 89.4 Å². The maximum absolute atomic E-state index is 13.2. The van der Waals surface area contributed by atoms with Gasteiger partial charge in [0, 0.05) is 0 Å². The summed E-state index contributed by atoms with van der Waals surface area (Å²) in [5.41, 5.74) is 3.03. The number of amides is 1. The Bertz CT molecular complexity index is 1480. The number of alkyl carbamates (subject to hydrolysis) is 1.